The Hall–Kier alpha value is -1.50. The summed E-state index contributed by atoms with van der Waals surface area (Å²) >= 11 is 0. The molecule has 22 heavy (non-hydrogen) atoms. The summed E-state index contributed by atoms with van der Waals surface area (Å²) in [6, 6.07) is 14.4. The third-order valence-corrected chi connectivity index (χ3v) is 3.12. The first-order valence-corrected chi connectivity index (χ1v) is 7.45. The molecule has 2 aromatic rings. The molecule has 2 rings (SSSR count). The number of nitrogens with two attached hydrogens (primary N) is 1. The minimum atomic E-state index is 0. The third kappa shape index (κ3) is 6.09. The van der Waals surface area contributed by atoms with Gasteiger partial charge in [0.25, 0.3) is 0 Å². The predicted molar refractivity (Wildman–Crippen MR) is 104 cm³/mol. The van der Waals surface area contributed by atoms with Crippen molar-refractivity contribution in [2.75, 3.05) is 19.7 Å². The molecule has 0 fully saturated rings. The number of fused-ring (bicyclic) bond motifs is 1. The predicted octanol–water partition coefficient (Wildman–Crippen LogP) is 3.54. The second kappa shape index (κ2) is 10.3. The van der Waals surface area contributed by atoms with Gasteiger partial charge in [0.05, 0.1) is 6.61 Å². The SMILES string of the molecule is CCCN=C(N)NCCCOc1ccc2ccccc2c1.I. The van der Waals surface area contributed by atoms with Crippen LogP contribution in [-0.2, 0) is 0 Å². The maximum Gasteiger partial charge on any atom is 0.188 e. The van der Waals surface area contributed by atoms with E-state index in [9.17, 15) is 0 Å². The van der Waals surface area contributed by atoms with Crippen LogP contribution in [0.15, 0.2) is 47.5 Å². The van der Waals surface area contributed by atoms with Gasteiger partial charge in [-0.15, -0.1) is 24.0 Å². The van der Waals surface area contributed by atoms with E-state index in [0.29, 0.717) is 12.6 Å². The molecular formula is C17H24IN3O. The van der Waals surface area contributed by atoms with Crippen LogP contribution in [0.4, 0.5) is 0 Å². The van der Waals surface area contributed by atoms with Gasteiger partial charge in [-0.3, -0.25) is 4.99 Å². The summed E-state index contributed by atoms with van der Waals surface area (Å²) < 4.78 is 5.76. The summed E-state index contributed by atoms with van der Waals surface area (Å²) in [5, 5.41) is 5.51. The van der Waals surface area contributed by atoms with Crippen molar-refractivity contribution in [3.8, 4) is 5.75 Å². The van der Waals surface area contributed by atoms with Crippen LogP contribution in [0.1, 0.15) is 19.8 Å². The van der Waals surface area contributed by atoms with Gasteiger partial charge in [0, 0.05) is 13.1 Å². The lowest BCUT2D eigenvalue weighted by molar-refractivity contribution is 0.311. The maximum atomic E-state index is 5.76. The summed E-state index contributed by atoms with van der Waals surface area (Å²) in [5.74, 6) is 1.42. The molecule has 0 aliphatic heterocycles. The molecule has 0 bridgehead atoms. The molecule has 0 amide bonds. The van der Waals surface area contributed by atoms with Crippen LogP contribution in [0.25, 0.3) is 10.8 Å². The second-order valence-electron chi connectivity index (χ2n) is 4.90. The van der Waals surface area contributed by atoms with Crippen molar-refractivity contribution in [1.82, 2.24) is 5.32 Å². The van der Waals surface area contributed by atoms with Gasteiger partial charge >= 0.3 is 0 Å². The molecule has 120 valence electrons. The minimum Gasteiger partial charge on any atom is -0.494 e. The molecule has 0 aliphatic carbocycles. The number of rotatable bonds is 7. The Bertz CT molecular complexity index is 601. The lowest BCUT2D eigenvalue weighted by atomic mass is 10.1. The van der Waals surface area contributed by atoms with E-state index in [1.54, 1.807) is 0 Å². The lowest BCUT2D eigenvalue weighted by Crippen LogP contribution is -2.33. The molecule has 0 saturated heterocycles. The maximum absolute atomic E-state index is 5.76. The van der Waals surface area contributed by atoms with Crippen LogP contribution in [0, 0.1) is 0 Å². The first-order chi connectivity index (χ1) is 10.3. The number of hydrogen-bond acceptors (Lipinski definition) is 2. The van der Waals surface area contributed by atoms with E-state index in [2.05, 4.69) is 41.5 Å². The summed E-state index contributed by atoms with van der Waals surface area (Å²) in [7, 11) is 0. The molecule has 2 aromatic carbocycles. The fraction of sp³-hybridized carbons (Fsp3) is 0.353. The van der Waals surface area contributed by atoms with Crippen molar-refractivity contribution in [2.45, 2.75) is 19.8 Å². The van der Waals surface area contributed by atoms with Crippen molar-refractivity contribution in [3.63, 3.8) is 0 Å². The van der Waals surface area contributed by atoms with E-state index in [4.69, 9.17) is 10.5 Å². The second-order valence-corrected chi connectivity index (χ2v) is 4.90. The van der Waals surface area contributed by atoms with E-state index >= 15 is 0 Å². The highest BCUT2D eigenvalue weighted by molar-refractivity contribution is 14.0. The van der Waals surface area contributed by atoms with Crippen LogP contribution in [0.3, 0.4) is 0 Å². The summed E-state index contributed by atoms with van der Waals surface area (Å²) in [6.07, 6.45) is 1.89. The van der Waals surface area contributed by atoms with E-state index in [1.807, 2.05) is 18.2 Å². The molecule has 0 spiro atoms. The Kier molecular flexibility index (Phi) is 8.65. The zero-order valence-electron chi connectivity index (χ0n) is 12.9. The summed E-state index contributed by atoms with van der Waals surface area (Å²) in [6.45, 7) is 4.28. The number of nitrogens with one attached hydrogen (secondary N) is 1. The first-order valence-electron chi connectivity index (χ1n) is 7.45. The van der Waals surface area contributed by atoms with Crippen LogP contribution in [0.5, 0.6) is 5.75 Å². The molecule has 0 unspecified atom stereocenters. The van der Waals surface area contributed by atoms with Crippen LogP contribution >= 0.6 is 24.0 Å². The standard InChI is InChI=1S/C17H23N3O.HI/c1-2-10-19-17(18)20-11-5-12-21-16-9-8-14-6-3-4-7-15(14)13-16;/h3-4,6-9,13H,2,5,10-12H2,1H3,(H3,18,19,20);1H. The van der Waals surface area contributed by atoms with Crippen LogP contribution in [-0.4, -0.2) is 25.7 Å². The van der Waals surface area contributed by atoms with Crippen molar-refractivity contribution in [3.05, 3.63) is 42.5 Å². The molecule has 0 aromatic heterocycles. The Morgan fingerprint density at radius 3 is 2.73 bits per heavy atom. The van der Waals surface area contributed by atoms with Gasteiger partial charge in [-0.1, -0.05) is 37.3 Å². The molecule has 0 heterocycles. The van der Waals surface area contributed by atoms with Crippen molar-refractivity contribution in [1.29, 1.82) is 0 Å². The Balaban J connectivity index is 0.00000242. The summed E-state index contributed by atoms with van der Waals surface area (Å²) in [4.78, 5) is 4.18. The quantitative estimate of drug-likeness (QED) is 0.316. The number of hydrogen-bond donors (Lipinski definition) is 2. The van der Waals surface area contributed by atoms with Gasteiger partial charge in [0.1, 0.15) is 5.75 Å². The molecule has 0 atom stereocenters. The molecule has 0 radical (unpaired) electrons. The normalized spacial score (nSPS) is 11.0. The first kappa shape index (κ1) is 18.5. The monoisotopic (exact) mass is 413 g/mol. The molecule has 5 heteroatoms. The zero-order valence-corrected chi connectivity index (χ0v) is 15.2. The highest BCUT2D eigenvalue weighted by Gasteiger charge is 1.97. The molecule has 0 aliphatic rings. The minimum absolute atomic E-state index is 0. The average Bonchev–Trinajstić information content (AvgIpc) is 2.52. The highest BCUT2D eigenvalue weighted by atomic mass is 127. The fourth-order valence-corrected chi connectivity index (χ4v) is 2.02. The lowest BCUT2D eigenvalue weighted by Gasteiger charge is -2.08. The Morgan fingerprint density at radius 1 is 1.18 bits per heavy atom. The number of ether oxygens (including phenoxy) is 1. The molecule has 0 saturated carbocycles. The number of benzene rings is 2. The Labute approximate surface area is 149 Å². The molecule has 3 N–H and O–H groups in total. The van der Waals surface area contributed by atoms with Crippen molar-refractivity contribution < 1.29 is 4.74 Å². The number of halogens is 1. The average molecular weight is 413 g/mol. The van der Waals surface area contributed by atoms with Crippen molar-refractivity contribution >= 4 is 40.7 Å². The van der Waals surface area contributed by atoms with Crippen LogP contribution < -0.4 is 15.8 Å². The zero-order chi connectivity index (χ0) is 14.9. The van der Waals surface area contributed by atoms with Gasteiger partial charge in [-0.05, 0) is 35.7 Å². The van der Waals surface area contributed by atoms with Gasteiger partial charge in [-0.25, -0.2) is 0 Å². The van der Waals surface area contributed by atoms with E-state index in [-0.39, 0.29) is 24.0 Å². The Morgan fingerprint density at radius 2 is 1.95 bits per heavy atom. The van der Waals surface area contributed by atoms with Gasteiger partial charge in [-0.2, -0.15) is 0 Å². The number of aliphatic imine (C=N–C) groups is 1. The third-order valence-electron chi connectivity index (χ3n) is 3.12. The van der Waals surface area contributed by atoms with E-state index in [1.165, 1.54) is 10.8 Å². The fourth-order valence-electron chi connectivity index (χ4n) is 2.02. The highest BCUT2D eigenvalue weighted by Crippen LogP contribution is 2.20. The smallest absolute Gasteiger partial charge is 0.188 e. The topological polar surface area (TPSA) is 59.6 Å². The molecular weight excluding hydrogens is 389 g/mol. The van der Waals surface area contributed by atoms with Crippen molar-refractivity contribution in [2.24, 2.45) is 10.7 Å². The number of guanidine groups is 1. The van der Waals surface area contributed by atoms with Gasteiger partial charge in [0.15, 0.2) is 5.96 Å². The summed E-state index contributed by atoms with van der Waals surface area (Å²) in [5.41, 5.74) is 5.71. The number of nitrogens with zero attached hydrogens (tertiary/aromatic N) is 1. The van der Waals surface area contributed by atoms with Crippen LogP contribution in [0.2, 0.25) is 0 Å². The largest absolute Gasteiger partial charge is 0.494 e. The van der Waals surface area contributed by atoms with E-state index in [0.717, 1.165) is 31.7 Å². The van der Waals surface area contributed by atoms with Gasteiger partial charge in [0.2, 0.25) is 0 Å². The van der Waals surface area contributed by atoms with Gasteiger partial charge < -0.3 is 15.8 Å². The molecule has 4 nitrogen and oxygen atoms in total. The van der Waals surface area contributed by atoms with E-state index < -0.39 is 0 Å².